The van der Waals surface area contributed by atoms with Gasteiger partial charge in [0, 0.05) is 24.2 Å². The van der Waals surface area contributed by atoms with Crippen LogP contribution in [0.25, 0.3) is 0 Å². The van der Waals surface area contributed by atoms with Gasteiger partial charge in [-0.2, -0.15) is 16.8 Å². The van der Waals surface area contributed by atoms with Crippen LogP contribution >= 0.6 is 0 Å². The summed E-state index contributed by atoms with van der Waals surface area (Å²) in [5, 5.41) is 0. The van der Waals surface area contributed by atoms with Crippen LogP contribution in [0.15, 0.2) is 78.9 Å². The van der Waals surface area contributed by atoms with Crippen molar-refractivity contribution < 1.29 is 29.9 Å². The van der Waals surface area contributed by atoms with Crippen molar-refractivity contribution in [3.8, 4) is 11.5 Å². The summed E-state index contributed by atoms with van der Waals surface area (Å²) in [6, 6.07) is 23.8. The van der Waals surface area contributed by atoms with Crippen molar-refractivity contribution in [2.75, 3.05) is 43.7 Å². The van der Waals surface area contributed by atoms with Crippen LogP contribution in [0.1, 0.15) is 25.0 Å². The van der Waals surface area contributed by atoms with Gasteiger partial charge in [-0.25, -0.2) is 0 Å². The number of para-hydroxylation sites is 1. The third kappa shape index (κ3) is 7.95. The molecule has 0 atom stereocenters. The summed E-state index contributed by atoms with van der Waals surface area (Å²) in [4.78, 5) is 1.68. The van der Waals surface area contributed by atoms with E-state index < -0.39 is 20.2 Å². The molecule has 0 aliphatic rings. The summed E-state index contributed by atoms with van der Waals surface area (Å²) in [5.41, 5.74) is 2.47. The van der Waals surface area contributed by atoms with E-state index in [2.05, 4.69) is 18.0 Å². The summed E-state index contributed by atoms with van der Waals surface area (Å²) >= 11 is 0. The highest BCUT2D eigenvalue weighted by molar-refractivity contribution is 7.87. The van der Waals surface area contributed by atoms with Gasteiger partial charge in [-0.15, -0.1) is 0 Å². The Labute approximate surface area is 220 Å². The molecule has 8 nitrogen and oxygen atoms in total. The summed E-state index contributed by atoms with van der Waals surface area (Å²) in [6.45, 7) is 4.30. The first-order chi connectivity index (χ1) is 17.5. The maximum atomic E-state index is 12.8. The number of rotatable bonds is 13. The summed E-state index contributed by atoms with van der Waals surface area (Å²) in [7, 11) is -4.91. The maximum Gasteiger partial charge on any atom is 0.310 e. The Balaban J connectivity index is 1.68. The van der Waals surface area contributed by atoms with Crippen molar-refractivity contribution in [3.05, 3.63) is 90.0 Å². The van der Waals surface area contributed by atoms with Crippen LogP contribution in [0.4, 0.5) is 5.69 Å². The molecule has 0 aliphatic heterocycles. The number of hydrogen-bond acceptors (Lipinski definition) is 8. The van der Waals surface area contributed by atoms with Gasteiger partial charge in [0.1, 0.15) is 17.3 Å². The molecule has 0 N–H and O–H groups in total. The molecule has 0 unspecified atom stereocenters. The third-order valence-corrected chi connectivity index (χ3v) is 8.53. The predicted octanol–water partition coefficient (Wildman–Crippen LogP) is 4.21. The molecule has 0 bridgehead atoms. The topological polar surface area (TPSA) is 99.2 Å². The van der Waals surface area contributed by atoms with Gasteiger partial charge in [-0.05, 0) is 47.5 Å². The van der Waals surface area contributed by atoms with Gasteiger partial charge >= 0.3 is 10.1 Å². The zero-order valence-corrected chi connectivity index (χ0v) is 23.1. The average molecular weight is 548 g/mol. The Morgan fingerprint density at radius 1 is 0.676 bits per heavy atom. The first-order valence-electron chi connectivity index (χ1n) is 11.7. The second kappa shape index (κ2) is 12.0. The number of anilines is 1. The summed E-state index contributed by atoms with van der Waals surface area (Å²) in [5.74, 6) is 0.390. The SMILES string of the molecule is COc1ccc(C(C)(C)c2ccc(OS(=O)(=O)CCN(CCS(=O)(=O)OC)c3ccccc3)cc2)cc1. The fourth-order valence-electron chi connectivity index (χ4n) is 3.83. The Kier molecular flexibility index (Phi) is 9.22. The molecule has 3 aromatic carbocycles. The molecule has 0 spiro atoms. The minimum absolute atomic E-state index is 0.0498. The maximum absolute atomic E-state index is 12.8. The van der Waals surface area contributed by atoms with Gasteiger partial charge in [0.15, 0.2) is 0 Å². The predicted molar refractivity (Wildman–Crippen MR) is 145 cm³/mol. The van der Waals surface area contributed by atoms with Crippen molar-refractivity contribution in [3.63, 3.8) is 0 Å². The molecule has 0 aliphatic carbocycles. The molecule has 3 aromatic rings. The van der Waals surface area contributed by atoms with E-state index in [0.29, 0.717) is 5.69 Å². The highest BCUT2D eigenvalue weighted by Crippen LogP contribution is 2.33. The van der Waals surface area contributed by atoms with Crippen molar-refractivity contribution in [1.82, 2.24) is 0 Å². The first-order valence-corrected chi connectivity index (χ1v) is 14.9. The van der Waals surface area contributed by atoms with E-state index in [1.54, 1.807) is 48.4 Å². The van der Waals surface area contributed by atoms with Crippen molar-refractivity contribution >= 4 is 25.9 Å². The van der Waals surface area contributed by atoms with Gasteiger partial charge in [0.25, 0.3) is 10.1 Å². The van der Waals surface area contributed by atoms with E-state index in [1.165, 1.54) is 0 Å². The zero-order chi connectivity index (χ0) is 27.1. The van der Waals surface area contributed by atoms with Crippen molar-refractivity contribution in [2.24, 2.45) is 0 Å². The fourth-order valence-corrected chi connectivity index (χ4v) is 5.37. The number of nitrogens with zero attached hydrogens (tertiary/aromatic N) is 1. The number of ether oxygens (including phenoxy) is 1. The normalized spacial score (nSPS) is 12.2. The van der Waals surface area contributed by atoms with E-state index in [4.69, 9.17) is 8.92 Å². The molecule has 200 valence electrons. The van der Waals surface area contributed by atoms with E-state index in [9.17, 15) is 16.8 Å². The largest absolute Gasteiger partial charge is 0.497 e. The van der Waals surface area contributed by atoms with Crippen molar-refractivity contribution in [2.45, 2.75) is 19.3 Å². The molecular weight excluding hydrogens is 514 g/mol. The minimum Gasteiger partial charge on any atom is -0.497 e. The van der Waals surface area contributed by atoms with Crippen LogP contribution in [0.2, 0.25) is 0 Å². The number of benzene rings is 3. The van der Waals surface area contributed by atoms with E-state index >= 15 is 0 Å². The molecule has 0 saturated carbocycles. The van der Waals surface area contributed by atoms with E-state index in [0.717, 1.165) is 24.0 Å². The van der Waals surface area contributed by atoms with Crippen LogP contribution < -0.4 is 13.8 Å². The van der Waals surface area contributed by atoms with Gasteiger partial charge in [0.2, 0.25) is 0 Å². The fraction of sp³-hybridized carbons (Fsp3) is 0.333. The molecule has 0 heterocycles. The monoisotopic (exact) mass is 547 g/mol. The molecular formula is C27H33NO7S2. The Morgan fingerprint density at radius 2 is 1.16 bits per heavy atom. The molecule has 0 saturated heterocycles. The van der Waals surface area contributed by atoms with Crippen LogP contribution in [-0.2, 0) is 29.8 Å². The van der Waals surface area contributed by atoms with Gasteiger partial charge < -0.3 is 13.8 Å². The molecule has 0 aromatic heterocycles. The molecule has 10 heteroatoms. The van der Waals surface area contributed by atoms with Crippen LogP contribution in [-0.4, -0.2) is 55.7 Å². The average Bonchev–Trinajstić information content (AvgIpc) is 2.89. The lowest BCUT2D eigenvalue weighted by atomic mass is 9.78. The lowest BCUT2D eigenvalue weighted by molar-refractivity contribution is 0.397. The van der Waals surface area contributed by atoms with Crippen LogP contribution in [0, 0.1) is 0 Å². The molecule has 3 rings (SSSR count). The smallest absolute Gasteiger partial charge is 0.310 e. The Morgan fingerprint density at radius 3 is 1.65 bits per heavy atom. The minimum atomic E-state index is -3.94. The third-order valence-electron chi connectivity index (χ3n) is 6.21. The second-order valence-corrected chi connectivity index (χ2v) is 12.5. The quantitative estimate of drug-likeness (QED) is 0.294. The molecule has 0 radical (unpaired) electrons. The standard InChI is InChI=1S/C27H33NO7S2/c1-27(2,22-10-14-25(33-3)15-11-22)23-12-16-26(17-13-23)35-37(31,32)21-19-28(18-20-36(29,30)34-4)24-8-6-5-7-9-24/h5-17H,18-21H2,1-4H3. The lowest BCUT2D eigenvalue weighted by Gasteiger charge is -2.26. The molecule has 0 fully saturated rings. The highest BCUT2D eigenvalue weighted by atomic mass is 32.2. The Bertz CT molecular complexity index is 1350. The summed E-state index contributed by atoms with van der Waals surface area (Å²) < 4.78 is 64.2. The van der Waals surface area contributed by atoms with Crippen molar-refractivity contribution in [1.29, 1.82) is 0 Å². The van der Waals surface area contributed by atoms with E-state index in [1.807, 2.05) is 42.5 Å². The van der Waals surface area contributed by atoms with Gasteiger partial charge in [-0.3, -0.25) is 4.18 Å². The first kappa shape index (κ1) is 28.5. The highest BCUT2D eigenvalue weighted by Gasteiger charge is 2.24. The number of hydrogen-bond donors (Lipinski definition) is 0. The van der Waals surface area contributed by atoms with Crippen LogP contribution in [0.3, 0.4) is 0 Å². The molecule has 37 heavy (non-hydrogen) atoms. The zero-order valence-electron chi connectivity index (χ0n) is 21.5. The number of methoxy groups -OCH3 is 1. The van der Waals surface area contributed by atoms with Crippen LogP contribution in [0.5, 0.6) is 11.5 Å². The molecule has 0 amide bonds. The van der Waals surface area contributed by atoms with E-state index in [-0.39, 0.29) is 35.8 Å². The summed E-state index contributed by atoms with van der Waals surface area (Å²) in [6.07, 6.45) is 0. The Hall–Kier alpha value is -3.08. The lowest BCUT2D eigenvalue weighted by Crippen LogP contribution is -2.34. The second-order valence-electron chi connectivity index (χ2n) is 8.97. The van der Waals surface area contributed by atoms with Gasteiger partial charge in [0.05, 0.1) is 20.0 Å². The van der Waals surface area contributed by atoms with Gasteiger partial charge in [-0.1, -0.05) is 56.3 Å².